The van der Waals surface area contributed by atoms with Crippen molar-refractivity contribution in [2.75, 3.05) is 0 Å². The van der Waals surface area contributed by atoms with Crippen molar-refractivity contribution < 1.29 is 4.39 Å². The number of aryl methyl sites for hydroxylation is 1. The summed E-state index contributed by atoms with van der Waals surface area (Å²) >= 11 is 0. The van der Waals surface area contributed by atoms with Gasteiger partial charge in [0.05, 0.1) is 5.52 Å². The molecular weight excluding hydrogens is 213 g/mol. The molecule has 0 atom stereocenters. The molecule has 0 fully saturated rings. The molecule has 0 aliphatic rings. The van der Waals surface area contributed by atoms with Gasteiger partial charge in [-0.05, 0) is 31.5 Å². The SMILES string of the molecule is CCC/C=C/c1c(C)n(C)c2cc(F)ccc12. The number of benzene rings is 1. The Bertz CT molecular complexity index is 564. The van der Waals surface area contributed by atoms with E-state index in [9.17, 15) is 4.39 Å². The summed E-state index contributed by atoms with van der Waals surface area (Å²) in [5.41, 5.74) is 3.34. The minimum Gasteiger partial charge on any atom is -0.347 e. The van der Waals surface area contributed by atoms with Crippen molar-refractivity contribution >= 4 is 17.0 Å². The van der Waals surface area contributed by atoms with Gasteiger partial charge in [0.2, 0.25) is 0 Å². The Morgan fingerprint density at radius 2 is 2.12 bits per heavy atom. The molecule has 0 amide bonds. The van der Waals surface area contributed by atoms with Gasteiger partial charge in [-0.1, -0.05) is 25.5 Å². The van der Waals surface area contributed by atoms with Gasteiger partial charge in [-0.15, -0.1) is 0 Å². The third-order valence-electron chi connectivity index (χ3n) is 3.24. The van der Waals surface area contributed by atoms with Crippen LogP contribution in [0.4, 0.5) is 4.39 Å². The zero-order valence-corrected chi connectivity index (χ0v) is 10.6. The summed E-state index contributed by atoms with van der Waals surface area (Å²) in [6.45, 7) is 4.24. The second-order valence-electron chi connectivity index (χ2n) is 4.41. The van der Waals surface area contributed by atoms with Crippen molar-refractivity contribution in [1.29, 1.82) is 0 Å². The van der Waals surface area contributed by atoms with E-state index in [2.05, 4.69) is 26.0 Å². The minimum absolute atomic E-state index is 0.179. The Morgan fingerprint density at radius 1 is 1.35 bits per heavy atom. The van der Waals surface area contributed by atoms with E-state index >= 15 is 0 Å². The summed E-state index contributed by atoms with van der Waals surface area (Å²) in [5, 5.41) is 1.12. The lowest BCUT2D eigenvalue weighted by Gasteiger charge is -1.97. The lowest BCUT2D eigenvalue weighted by Crippen LogP contribution is -1.90. The van der Waals surface area contributed by atoms with E-state index in [1.54, 1.807) is 6.07 Å². The topological polar surface area (TPSA) is 4.93 Å². The fourth-order valence-corrected chi connectivity index (χ4v) is 2.14. The van der Waals surface area contributed by atoms with Crippen LogP contribution in [-0.4, -0.2) is 4.57 Å². The van der Waals surface area contributed by atoms with Gasteiger partial charge in [0.15, 0.2) is 0 Å². The number of halogens is 1. The van der Waals surface area contributed by atoms with E-state index in [1.165, 1.54) is 17.3 Å². The molecule has 0 aliphatic heterocycles. The molecule has 2 rings (SSSR count). The van der Waals surface area contributed by atoms with Crippen LogP contribution in [0.5, 0.6) is 0 Å². The molecule has 1 heterocycles. The van der Waals surface area contributed by atoms with Gasteiger partial charge in [-0.2, -0.15) is 0 Å². The number of aromatic nitrogens is 1. The highest BCUT2D eigenvalue weighted by molar-refractivity contribution is 5.91. The second kappa shape index (κ2) is 4.74. The third kappa shape index (κ3) is 2.12. The molecule has 0 aliphatic carbocycles. The maximum Gasteiger partial charge on any atom is 0.125 e. The van der Waals surface area contributed by atoms with Gasteiger partial charge in [0.25, 0.3) is 0 Å². The lowest BCUT2D eigenvalue weighted by molar-refractivity contribution is 0.629. The van der Waals surface area contributed by atoms with Crippen LogP contribution in [0.2, 0.25) is 0 Å². The first kappa shape index (κ1) is 11.9. The van der Waals surface area contributed by atoms with Crippen LogP contribution in [0.15, 0.2) is 24.3 Å². The van der Waals surface area contributed by atoms with E-state index in [0.717, 1.165) is 23.7 Å². The number of fused-ring (bicyclic) bond motifs is 1. The summed E-state index contributed by atoms with van der Waals surface area (Å²) < 4.78 is 15.3. The third-order valence-corrected chi connectivity index (χ3v) is 3.24. The van der Waals surface area contributed by atoms with Gasteiger partial charge in [0, 0.05) is 23.7 Å². The van der Waals surface area contributed by atoms with Gasteiger partial charge >= 0.3 is 0 Å². The highest BCUT2D eigenvalue weighted by atomic mass is 19.1. The van der Waals surface area contributed by atoms with E-state index in [4.69, 9.17) is 0 Å². The Labute approximate surface area is 102 Å². The number of rotatable bonds is 3. The predicted octanol–water partition coefficient (Wildman–Crippen LogP) is 4.44. The molecule has 0 unspecified atom stereocenters. The zero-order valence-electron chi connectivity index (χ0n) is 10.6. The lowest BCUT2D eigenvalue weighted by atomic mass is 10.1. The normalized spacial score (nSPS) is 11.8. The summed E-state index contributed by atoms with van der Waals surface area (Å²) in [5.74, 6) is -0.179. The first-order chi connectivity index (χ1) is 8.15. The van der Waals surface area contributed by atoms with E-state index in [-0.39, 0.29) is 5.82 Å². The minimum atomic E-state index is -0.179. The Kier molecular flexibility index (Phi) is 3.32. The Hall–Kier alpha value is -1.57. The van der Waals surface area contributed by atoms with Crippen LogP contribution in [0.1, 0.15) is 31.0 Å². The number of allylic oxidation sites excluding steroid dienone is 1. The first-order valence-corrected chi connectivity index (χ1v) is 6.06. The molecule has 2 heteroatoms. The number of hydrogen-bond acceptors (Lipinski definition) is 0. The van der Waals surface area contributed by atoms with E-state index < -0.39 is 0 Å². The van der Waals surface area contributed by atoms with Crippen LogP contribution in [0.3, 0.4) is 0 Å². The molecule has 1 aromatic carbocycles. The van der Waals surface area contributed by atoms with Gasteiger partial charge in [-0.3, -0.25) is 0 Å². The summed E-state index contributed by atoms with van der Waals surface area (Å²) in [4.78, 5) is 0. The van der Waals surface area contributed by atoms with Gasteiger partial charge in [-0.25, -0.2) is 4.39 Å². The van der Waals surface area contributed by atoms with Crippen molar-refractivity contribution in [2.24, 2.45) is 7.05 Å². The van der Waals surface area contributed by atoms with Gasteiger partial charge < -0.3 is 4.57 Å². The van der Waals surface area contributed by atoms with Gasteiger partial charge in [0.1, 0.15) is 5.82 Å². The fraction of sp³-hybridized carbons (Fsp3) is 0.333. The number of nitrogens with zero attached hydrogens (tertiary/aromatic N) is 1. The maximum atomic E-state index is 13.2. The molecule has 0 saturated heterocycles. The molecular formula is C15H18FN. The highest BCUT2D eigenvalue weighted by Gasteiger charge is 2.09. The predicted molar refractivity (Wildman–Crippen MR) is 71.6 cm³/mol. The number of unbranched alkanes of at least 4 members (excludes halogenated alkanes) is 1. The monoisotopic (exact) mass is 231 g/mol. The molecule has 0 radical (unpaired) electrons. The molecule has 90 valence electrons. The van der Waals surface area contributed by atoms with Crippen molar-refractivity contribution in [2.45, 2.75) is 26.7 Å². The van der Waals surface area contributed by atoms with Crippen LogP contribution in [-0.2, 0) is 7.05 Å². The molecule has 2 aromatic rings. The maximum absolute atomic E-state index is 13.2. The standard InChI is InChI=1S/C15H18FN/c1-4-5-6-7-13-11(2)17(3)15-10-12(16)8-9-14(13)15/h6-10H,4-5H2,1-3H3/b7-6+. The van der Waals surface area contributed by atoms with E-state index in [0.29, 0.717) is 0 Å². The van der Waals surface area contributed by atoms with Crippen LogP contribution < -0.4 is 0 Å². The number of hydrogen-bond donors (Lipinski definition) is 0. The molecule has 0 saturated carbocycles. The smallest absolute Gasteiger partial charge is 0.125 e. The molecule has 0 N–H and O–H groups in total. The fourth-order valence-electron chi connectivity index (χ4n) is 2.14. The molecule has 17 heavy (non-hydrogen) atoms. The Morgan fingerprint density at radius 3 is 2.82 bits per heavy atom. The second-order valence-corrected chi connectivity index (χ2v) is 4.41. The molecule has 1 nitrogen and oxygen atoms in total. The van der Waals surface area contributed by atoms with Crippen LogP contribution in [0, 0.1) is 12.7 Å². The van der Waals surface area contributed by atoms with Crippen molar-refractivity contribution in [3.8, 4) is 0 Å². The van der Waals surface area contributed by atoms with E-state index in [1.807, 2.05) is 17.7 Å². The molecule has 0 bridgehead atoms. The average Bonchev–Trinajstić information content (AvgIpc) is 2.54. The van der Waals surface area contributed by atoms with Crippen molar-refractivity contribution in [1.82, 2.24) is 4.57 Å². The van der Waals surface area contributed by atoms with Crippen LogP contribution in [0.25, 0.3) is 17.0 Å². The van der Waals surface area contributed by atoms with Crippen LogP contribution >= 0.6 is 0 Å². The Balaban J connectivity index is 2.59. The van der Waals surface area contributed by atoms with Crippen molar-refractivity contribution in [3.05, 3.63) is 41.3 Å². The molecule has 0 spiro atoms. The summed E-state index contributed by atoms with van der Waals surface area (Å²) in [6, 6.07) is 4.99. The largest absolute Gasteiger partial charge is 0.347 e. The average molecular weight is 231 g/mol. The molecule has 1 aromatic heterocycles. The highest BCUT2D eigenvalue weighted by Crippen LogP contribution is 2.26. The quantitative estimate of drug-likeness (QED) is 0.736. The summed E-state index contributed by atoms with van der Waals surface area (Å²) in [6.07, 6.45) is 6.57. The van der Waals surface area contributed by atoms with Crippen molar-refractivity contribution in [3.63, 3.8) is 0 Å². The first-order valence-electron chi connectivity index (χ1n) is 6.06. The zero-order chi connectivity index (χ0) is 12.4. The summed E-state index contributed by atoms with van der Waals surface area (Å²) in [7, 11) is 1.98.